The second-order valence-electron chi connectivity index (χ2n) is 6.86. The fourth-order valence-corrected chi connectivity index (χ4v) is 3.40. The molecule has 4 nitrogen and oxygen atoms in total. The monoisotopic (exact) mass is 301 g/mol. The Bertz CT molecular complexity index is 480. The van der Waals surface area contributed by atoms with Crippen molar-refractivity contribution in [1.82, 2.24) is 15.2 Å². The number of nitrogens with zero attached hydrogens (tertiary/aromatic N) is 2. The molecule has 1 saturated carbocycles. The van der Waals surface area contributed by atoms with E-state index >= 15 is 0 Å². The fraction of sp³-hybridized carbons (Fsp3) is 0.667. The number of amides is 1. The summed E-state index contributed by atoms with van der Waals surface area (Å²) in [6.45, 7) is 5.10. The van der Waals surface area contributed by atoms with Crippen LogP contribution in [-0.4, -0.2) is 34.9 Å². The van der Waals surface area contributed by atoms with E-state index in [-0.39, 0.29) is 0 Å². The van der Waals surface area contributed by atoms with Crippen LogP contribution in [0.25, 0.3) is 0 Å². The van der Waals surface area contributed by atoms with Gasteiger partial charge in [0.1, 0.15) is 0 Å². The zero-order chi connectivity index (χ0) is 15.4. The SMILES string of the molecule is CC(CC(=O)N(Cc1ccccn1)C1CC1)C1CCCNC1. The predicted molar refractivity (Wildman–Crippen MR) is 87.2 cm³/mol. The van der Waals surface area contributed by atoms with Crippen LogP contribution in [0.3, 0.4) is 0 Å². The van der Waals surface area contributed by atoms with Crippen LogP contribution >= 0.6 is 0 Å². The van der Waals surface area contributed by atoms with E-state index in [1.165, 1.54) is 12.8 Å². The molecule has 2 atom stereocenters. The highest BCUT2D eigenvalue weighted by molar-refractivity contribution is 5.77. The summed E-state index contributed by atoms with van der Waals surface area (Å²) in [6.07, 6.45) is 7.28. The highest BCUT2D eigenvalue weighted by Crippen LogP contribution is 2.30. The first-order valence-corrected chi connectivity index (χ1v) is 8.64. The molecule has 1 aliphatic carbocycles. The van der Waals surface area contributed by atoms with E-state index in [9.17, 15) is 4.79 Å². The van der Waals surface area contributed by atoms with E-state index in [0.29, 0.717) is 36.8 Å². The van der Waals surface area contributed by atoms with Gasteiger partial charge in [-0.3, -0.25) is 9.78 Å². The minimum absolute atomic E-state index is 0.311. The van der Waals surface area contributed by atoms with Crippen molar-refractivity contribution in [1.29, 1.82) is 0 Å². The molecular weight excluding hydrogens is 274 g/mol. The number of carbonyl (C=O) groups is 1. The number of aromatic nitrogens is 1. The highest BCUT2D eigenvalue weighted by atomic mass is 16.2. The zero-order valence-electron chi connectivity index (χ0n) is 13.5. The van der Waals surface area contributed by atoms with Crippen LogP contribution in [0.5, 0.6) is 0 Å². The van der Waals surface area contributed by atoms with Gasteiger partial charge in [0, 0.05) is 18.7 Å². The molecule has 22 heavy (non-hydrogen) atoms. The summed E-state index contributed by atoms with van der Waals surface area (Å²) in [7, 11) is 0. The molecule has 0 aromatic carbocycles. The van der Waals surface area contributed by atoms with Gasteiger partial charge < -0.3 is 10.2 Å². The third-order valence-corrected chi connectivity index (χ3v) is 5.00. The number of hydrogen-bond acceptors (Lipinski definition) is 3. The lowest BCUT2D eigenvalue weighted by molar-refractivity contribution is -0.133. The van der Waals surface area contributed by atoms with Crippen LogP contribution in [0, 0.1) is 11.8 Å². The maximum Gasteiger partial charge on any atom is 0.223 e. The summed E-state index contributed by atoms with van der Waals surface area (Å²) in [6, 6.07) is 6.38. The molecule has 1 aromatic rings. The van der Waals surface area contributed by atoms with E-state index in [1.54, 1.807) is 6.20 Å². The summed E-state index contributed by atoms with van der Waals surface area (Å²) in [5.41, 5.74) is 0.995. The van der Waals surface area contributed by atoms with Gasteiger partial charge in [-0.1, -0.05) is 13.0 Å². The van der Waals surface area contributed by atoms with E-state index < -0.39 is 0 Å². The molecule has 120 valence electrons. The van der Waals surface area contributed by atoms with Crippen LogP contribution in [0.1, 0.15) is 44.7 Å². The van der Waals surface area contributed by atoms with Crippen LogP contribution in [0.4, 0.5) is 0 Å². The van der Waals surface area contributed by atoms with Crippen LogP contribution in [0.2, 0.25) is 0 Å². The average molecular weight is 301 g/mol. The lowest BCUT2D eigenvalue weighted by Crippen LogP contribution is -2.38. The molecule has 0 spiro atoms. The Morgan fingerprint density at radius 2 is 2.27 bits per heavy atom. The summed E-state index contributed by atoms with van der Waals surface area (Å²) >= 11 is 0. The van der Waals surface area contributed by atoms with Gasteiger partial charge in [0.05, 0.1) is 12.2 Å². The Kier molecular flexibility index (Phi) is 5.08. The molecule has 2 fully saturated rings. The van der Waals surface area contributed by atoms with Gasteiger partial charge in [0.25, 0.3) is 0 Å². The molecule has 0 radical (unpaired) electrons. The first-order valence-electron chi connectivity index (χ1n) is 8.64. The fourth-order valence-electron chi connectivity index (χ4n) is 3.40. The summed E-state index contributed by atoms with van der Waals surface area (Å²) < 4.78 is 0. The first-order chi connectivity index (χ1) is 10.7. The average Bonchev–Trinajstić information content (AvgIpc) is 3.39. The second-order valence-corrected chi connectivity index (χ2v) is 6.86. The minimum atomic E-state index is 0.311. The van der Waals surface area contributed by atoms with E-state index in [4.69, 9.17) is 0 Å². The van der Waals surface area contributed by atoms with E-state index in [2.05, 4.69) is 22.1 Å². The molecule has 2 unspecified atom stereocenters. The number of piperidine rings is 1. The predicted octanol–water partition coefficient (Wildman–Crippen LogP) is 2.60. The maximum atomic E-state index is 12.8. The van der Waals surface area contributed by atoms with Gasteiger partial charge >= 0.3 is 0 Å². The highest BCUT2D eigenvalue weighted by Gasteiger charge is 2.34. The molecule has 2 aliphatic rings. The Balaban J connectivity index is 1.58. The molecular formula is C18H27N3O. The zero-order valence-corrected chi connectivity index (χ0v) is 13.5. The first kappa shape index (κ1) is 15.5. The minimum Gasteiger partial charge on any atom is -0.334 e. The molecule has 0 bridgehead atoms. The number of pyridine rings is 1. The normalized spacial score (nSPS) is 23.0. The largest absolute Gasteiger partial charge is 0.334 e. The van der Waals surface area contributed by atoms with E-state index in [0.717, 1.165) is 31.6 Å². The van der Waals surface area contributed by atoms with E-state index in [1.807, 2.05) is 18.2 Å². The van der Waals surface area contributed by atoms with Crippen molar-refractivity contribution in [2.75, 3.05) is 13.1 Å². The molecule has 2 heterocycles. The van der Waals surface area contributed by atoms with Gasteiger partial charge in [-0.15, -0.1) is 0 Å². The Morgan fingerprint density at radius 1 is 1.41 bits per heavy atom. The maximum absolute atomic E-state index is 12.8. The smallest absolute Gasteiger partial charge is 0.223 e. The van der Waals surface area contributed by atoms with Gasteiger partial charge in [0.2, 0.25) is 5.91 Å². The van der Waals surface area contributed by atoms with Crippen LogP contribution in [-0.2, 0) is 11.3 Å². The molecule has 1 saturated heterocycles. The Labute approximate surface area is 133 Å². The van der Waals surface area contributed by atoms with Crippen molar-refractivity contribution in [3.05, 3.63) is 30.1 Å². The van der Waals surface area contributed by atoms with Crippen molar-refractivity contribution in [3.8, 4) is 0 Å². The quantitative estimate of drug-likeness (QED) is 0.878. The molecule has 4 heteroatoms. The van der Waals surface area contributed by atoms with Gasteiger partial charge in [-0.05, 0) is 62.7 Å². The number of nitrogens with one attached hydrogen (secondary N) is 1. The summed E-state index contributed by atoms with van der Waals surface area (Å²) in [4.78, 5) is 19.2. The van der Waals surface area contributed by atoms with Crippen LogP contribution < -0.4 is 5.32 Å². The van der Waals surface area contributed by atoms with Crippen LogP contribution in [0.15, 0.2) is 24.4 Å². The number of hydrogen-bond donors (Lipinski definition) is 1. The molecule has 1 aliphatic heterocycles. The molecule has 1 amide bonds. The van der Waals surface area contributed by atoms with Crippen molar-refractivity contribution in [3.63, 3.8) is 0 Å². The second kappa shape index (κ2) is 7.23. The lowest BCUT2D eigenvalue weighted by Gasteiger charge is -2.30. The van der Waals surface area contributed by atoms with Gasteiger partial charge in [-0.2, -0.15) is 0 Å². The Hall–Kier alpha value is -1.42. The molecule has 3 rings (SSSR count). The molecule has 1 aromatic heterocycles. The summed E-state index contributed by atoms with van der Waals surface area (Å²) in [5, 5.41) is 3.46. The topological polar surface area (TPSA) is 45.2 Å². The Morgan fingerprint density at radius 3 is 2.91 bits per heavy atom. The van der Waals surface area contributed by atoms with Crippen molar-refractivity contribution >= 4 is 5.91 Å². The third-order valence-electron chi connectivity index (χ3n) is 5.00. The standard InChI is InChI=1S/C18H27N3O/c1-14(15-5-4-9-19-12-15)11-18(22)21(17-7-8-17)13-16-6-2-3-10-20-16/h2-3,6,10,14-15,17,19H,4-5,7-9,11-13H2,1H3. The molecule has 1 N–H and O–H groups in total. The van der Waals surface area contributed by atoms with Gasteiger partial charge in [-0.25, -0.2) is 0 Å². The van der Waals surface area contributed by atoms with Crippen molar-refractivity contribution in [2.24, 2.45) is 11.8 Å². The number of carbonyl (C=O) groups excluding carboxylic acids is 1. The van der Waals surface area contributed by atoms with Crippen molar-refractivity contribution < 1.29 is 4.79 Å². The van der Waals surface area contributed by atoms with Crippen molar-refractivity contribution in [2.45, 2.75) is 51.6 Å². The van der Waals surface area contributed by atoms with Gasteiger partial charge in [0.15, 0.2) is 0 Å². The lowest BCUT2D eigenvalue weighted by atomic mass is 9.85. The number of rotatable bonds is 6. The third kappa shape index (κ3) is 4.07. The summed E-state index contributed by atoms with van der Waals surface area (Å²) in [5.74, 6) is 1.42.